The highest BCUT2D eigenvalue weighted by Crippen LogP contribution is 2.52. The van der Waals surface area contributed by atoms with Crippen molar-refractivity contribution in [2.75, 3.05) is 54.2 Å². The maximum absolute atomic E-state index is 13.8. The second-order valence-electron chi connectivity index (χ2n) is 24.2. The summed E-state index contributed by atoms with van der Waals surface area (Å²) >= 11 is 2.72. The molecule has 2 aliphatic heterocycles. The number of fused-ring (bicyclic) bond motifs is 6. The number of hydrogen-bond donors (Lipinski definition) is 8. The average Bonchev–Trinajstić information content (AvgIpc) is 1.52. The molecule has 4 unspecified atom stereocenters. The molecule has 100 heavy (non-hydrogen) atoms. The number of aliphatic carboxylic acids is 1. The number of aryl methyl sites for hydroxylation is 2. The van der Waals surface area contributed by atoms with E-state index in [1.807, 2.05) is 73.2 Å². The zero-order valence-corrected chi connectivity index (χ0v) is 59.1. The van der Waals surface area contributed by atoms with Gasteiger partial charge in [0.25, 0.3) is 0 Å². The minimum atomic E-state index is -0.993. The molecule has 0 bridgehead atoms. The van der Waals surface area contributed by atoms with E-state index in [2.05, 4.69) is 21.1 Å². The molecule has 4 aliphatic rings. The number of carboxylic acid groups (broad SMARTS) is 1. The van der Waals surface area contributed by atoms with Crippen LogP contribution in [0.25, 0.3) is 22.3 Å². The number of ether oxygens (including phenoxy) is 9. The van der Waals surface area contributed by atoms with Crippen LogP contribution in [-0.4, -0.2) is 137 Å². The van der Waals surface area contributed by atoms with Crippen molar-refractivity contribution in [2.24, 2.45) is 0 Å². The van der Waals surface area contributed by atoms with Crippen LogP contribution >= 0.6 is 23.5 Å². The van der Waals surface area contributed by atoms with Gasteiger partial charge in [-0.15, -0.1) is 23.5 Å². The Hall–Kier alpha value is -8.27. The molecule has 0 saturated carbocycles. The molecule has 2 amide bonds. The zero-order valence-electron chi connectivity index (χ0n) is 57.5. The summed E-state index contributed by atoms with van der Waals surface area (Å²) in [4.78, 5) is 75.9. The third-order valence-electron chi connectivity index (χ3n) is 17.0. The summed E-state index contributed by atoms with van der Waals surface area (Å²) in [5.41, 5.74) is 7.41. The summed E-state index contributed by atoms with van der Waals surface area (Å²) < 4.78 is 51.6. The van der Waals surface area contributed by atoms with E-state index in [1.165, 1.54) is 79.5 Å². The lowest BCUT2D eigenvalue weighted by molar-refractivity contribution is -0.139. The Morgan fingerprint density at radius 1 is 0.570 bits per heavy atom. The molecule has 536 valence electrons. The van der Waals surface area contributed by atoms with Gasteiger partial charge in [0.15, 0.2) is 46.4 Å². The fourth-order valence-corrected chi connectivity index (χ4v) is 13.4. The first-order valence-corrected chi connectivity index (χ1v) is 35.3. The molecule has 2 heterocycles. The lowest BCUT2D eigenvalue weighted by Gasteiger charge is -2.24. The molecule has 10 rings (SSSR count). The fraction of sp³-hybridized carbons (Fsp3) is 0.425. The van der Waals surface area contributed by atoms with Gasteiger partial charge >= 0.3 is 26.0 Å². The molecule has 0 spiro atoms. The standard InChI is InChI=1S/C36H43BN2O9S.C21H23NO5S.C15H22BNO5.CH4/c1-21(40)38-27-15-11-23-19-30(34(44-3)35(45-4)33(23)25-14-16-31(49-5)29(41)20-26(25)27)48-36(42)28(39-37(2)43)18-22-9-12-24(13-10-22)47-32-8-6-7-17-46-32;1-11(23)22-15-7-5-12-9-17(25)20(26-2)21(27-3)19(12)13-6-8-18(28-4)16(24)10-14(13)15;1-16(20)17-13(15(18)19)10-11-5-7-12(8-6-11)22-14-4-2-3-9-21-14;/h9-10,12-14,16,19-20,27-28,32,39,43H,6-8,11,15,17-18H2,1-5H3,(H,38,40);6,8-10,15,25H,5,7H2,1-4H3,(H,22,23);5-8,13-14,17,20H,2-4,9-10H2,1H3,(H,18,19);1H4/t27-,28?,32?;15-;;/m00../s1. The number of carbonyl (C=O) groups is 4. The number of nitrogens with one attached hydrogen (secondary N) is 4. The van der Waals surface area contributed by atoms with Gasteiger partial charge in [-0.25, -0.2) is 4.79 Å². The van der Waals surface area contributed by atoms with Crippen molar-refractivity contribution in [3.05, 3.63) is 151 Å². The van der Waals surface area contributed by atoms with E-state index in [0.29, 0.717) is 88.2 Å². The molecule has 0 radical (unpaired) electrons. The summed E-state index contributed by atoms with van der Waals surface area (Å²) in [6.45, 7) is 7.35. The first-order valence-electron chi connectivity index (χ1n) is 32.9. The maximum Gasteiger partial charge on any atom is 0.374 e. The van der Waals surface area contributed by atoms with Crippen LogP contribution < -0.4 is 65.1 Å². The van der Waals surface area contributed by atoms with E-state index in [4.69, 9.17) is 47.7 Å². The number of aromatic hydroxyl groups is 1. The molecule has 23 nitrogen and oxygen atoms in total. The van der Waals surface area contributed by atoms with Gasteiger partial charge in [-0.2, -0.15) is 0 Å². The normalized spacial score (nSPS) is 17.0. The number of methoxy groups -OCH3 is 4. The summed E-state index contributed by atoms with van der Waals surface area (Å²) in [5, 5.41) is 50.5. The van der Waals surface area contributed by atoms with Crippen molar-refractivity contribution in [1.82, 2.24) is 21.1 Å². The Morgan fingerprint density at radius 2 is 0.990 bits per heavy atom. The van der Waals surface area contributed by atoms with E-state index in [-0.39, 0.29) is 78.1 Å². The van der Waals surface area contributed by atoms with E-state index >= 15 is 0 Å². The quantitative estimate of drug-likeness (QED) is 0.0128. The van der Waals surface area contributed by atoms with Crippen molar-refractivity contribution in [3.8, 4) is 68.2 Å². The number of phenols is 1. The van der Waals surface area contributed by atoms with Gasteiger partial charge < -0.3 is 84.0 Å². The van der Waals surface area contributed by atoms with Gasteiger partial charge in [0.05, 0.1) is 63.5 Å². The van der Waals surface area contributed by atoms with Crippen LogP contribution in [0.5, 0.6) is 46.0 Å². The predicted molar refractivity (Wildman–Crippen MR) is 388 cm³/mol. The number of esters is 1. The highest BCUT2D eigenvalue weighted by molar-refractivity contribution is 7.98. The van der Waals surface area contributed by atoms with Crippen molar-refractivity contribution in [1.29, 1.82) is 0 Å². The Kier molecular flexibility index (Phi) is 30.0. The Bertz CT molecular complexity index is 3920. The molecule has 8 N–H and O–H groups in total. The van der Waals surface area contributed by atoms with Crippen LogP contribution in [-0.2, 0) is 54.3 Å². The van der Waals surface area contributed by atoms with Gasteiger partial charge in [0, 0.05) is 37.8 Å². The minimum absolute atomic E-state index is 0. The van der Waals surface area contributed by atoms with Crippen LogP contribution in [0.4, 0.5) is 0 Å². The maximum atomic E-state index is 13.8. The van der Waals surface area contributed by atoms with Crippen molar-refractivity contribution in [3.63, 3.8) is 0 Å². The van der Waals surface area contributed by atoms with Crippen molar-refractivity contribution < 1.29 is 82.1 Å². The summed E-state index contributed by atoms with van der Waals surface area (Å²) in [6.07, 6.45) is 11.9. The zero-order chi connectivity index (χ0) is 71.4. The summed E-state index contributed by atoms with van der Waals surface area (Å²) in [6, 6.07) is 26.0. The molecular formula is C73H92B2N4O19S2. The van der Waals surface area contributed by atoms with Gasteiger partial charge in [-0.1, -0.05) is 43.8 Å². The van der Waals surface area contributed by atoms with Crippen LogP contribution in [0.1, 0.15) is 118 Å². The number of phenolic OH excluding ortho intramolecular Hbond substituents is 1. The molecular weight excluding hydrogens is 1320 g/mol. The van der Waals surface area contributed by atoms with Gasteiger partial charge in [-0.3, -0.25) is 24.0 Å². The first kappa shape index (κ1) is 79.1. The number of benzene rings is 4. The highest BCUT2D eigenvalue weighted by Gasteiger charge is 2.34. The number of hydrogen-bond acceptors (Lipinski definition) is 22. The van der Waals surface area contributed by atoms with Crippen molar-refractivity contribution >= 4 is 61.4 Å². The summed E-state index contributed by atoms with van der Waals surface area (Å²) in [5.74, 6) is 0.688. The van der Waals surface area contributed by atoms with E-state index in [0.717, 1.165) is 84.1 Å². The lowest BCUT2D eigenvalue weighted by Crippen LogP contribution is -2.47. The van der Waals surface area contributed by atoms with E-state index < -0.39 is 44.2 Å². The lowest BCUT2D eigenvalue weighted by atomic mass is 9.86. The molecule has 2 saturated heterocycles. The molecule has 2 fully saturated rings. The largest absolute Gasteiger partial charge is 0.504 e. The van der Waals surface area contributed by atoms with E-state index in [1.54, 1.807) is 36.4 Å². The molecule has 6 aromatic rings. The number of amides is 2. The third kappa shape index (κ3) is 20.9. The average molecular weight is 1420 g/mol. The topological polar surface area (TPSA) is 315 Å². The van der Waals surface area contributed by atoms with Crippen molar-refractivity contribution in [2.45, 2.75) is 159 Å². The molecule has 27 heteroatoms. The molecule has 2 aliphatic carbocycles. The third-order valence-corrected chi connectivity index (χ3v) is 18.5. The van der Waals surface area contributed by atoms with Crippen LogP contribution in [0.3, 0.4) is 0 Å². The van der Waals surface area contributed by atoms with Crippen LogP contribution in [0.2, 0.25) is 13.6 Å². The van der Waals surface area contributed by atoms with Gasteiger partial charge in [0.1, 0.15) is 23.6 Å². The second-order valence-corrected chi connectivity index (χ2v) is 25.9. The Balaban J connectivity index is 0.000000232. The Labute approximate surface area is 593 Å². The minimum Gasteiger partial charge on any atom is -0.504 e. The fourth-order valence-electron chi connectivity index (χ4n) is 12.5. The van der Waals surface area contributed by atoms with Gasteiger partial charge in [0.2, 0.25) is 23.3 Å². The number of rotatable bonds is 23. The summed E-state index contributed by atoms with van der Waals surface area (Å²) in [7, 11) is 4.08. The second kappa shape index (κ2) is 38.0. The Morgan fingerprint density at radius 3 is 1.38 bits per heavy atom. The highest BCUT2D eigenvalue weighted by atomic mass is 32.2. The number of thioether (sulfide) groups is 2. The van der Waals surface area contributed by atoms with Crippen LogP contribution in [0, 0.1) is 0 Å². The molecule has 6 atom stereocenters. The van der Waals surface area contributed by atoms with Gasteiger partial charge in [-0.05, 0) is 196 Å². The smallest absolute Gasteiger partial charge is 0.374 e. The number of carboxylic acids is 1. The predicted octanol–water partition coefficient (Wildman–Crippen LogP) is 9.90. The number of carbonyl (C=O) groups excluding carboxylic acids is 3. The van der Waals surface area contributed by atoms with Crippen LogP contribution in [0.15, 0.2) is 116 Å². The molecule has 0 aromatic heterocycles. The SMILES string of the molecule is C.CB(O)NC(Cc1ccc(OC2CCCCO2)cc1)C(=O)O.COc1c(O)cc2c(c1OC)-c1ccc(SC)c(=O)cc1[C@@H](NC(C)=O)CC2.COc1c(OC(=O)C(Cc2ccc(OC3CCCCO3)cc2)NB(C)O)cc2c(c1OC)-c1ccc(SC)c(=O)cc1[C@@H](NC(C)=O)CC2. The van der Waals surface area contributed by atoms with E-state index in [9.17, 15) is 43.9 Å². The monoisotopic (exact) mass is 1410 g/mol. The first-order chi connectivity index (χ1) is 47.6. The molecule has 6 aromatic carbocycles.